The van der Waals surface area contributed by atoms with E-state index in [4.69, 9.17) is 0 Å². The Morgan fingerprint density at radius 2 is 1.80 bits per heavy atom. The summed E-state index contributed by atoms with van der Waals surface area (Å²) in [6, 6.07) is 8.78. The summed E-state index contributed by atoms with van der Waals surface area (Å²) in [6.45, 7) is 2.71. The van der Waals surface area contributed by atoms with E-state index in [1.165, 1.54) is 37.8 Å². The van der Waals surface area contributed by atoms with Crippen molar-refractivity contribution in [2.24, 2.45) is 0 Å². The second-order valence-electron chi connectivity index (χ2n) is 5.80. The monoisotopic (exact) mass is 273 g/mol. The summed E-state index contributed by atoms with van der Waals surface area (Å²) < 4.78 is 0. The van der Waals surface area contributed by atoms with Crippen molar-refractivity contribution < 1.29 is 4.79 Å². The molecule has 0 spiro atoms. The summed E-state index contributed by atoms with van der Waals surface area (Å²) in [5.41, 5.74) is 2.15. The van der Waals surface area contributed by atoms with E-state index in [0.717, 1.165) is 18.8 Å². The lowest BCUT2D eigenvalue weighted by Crippen LogP contribution is -2.30. The summed E-state index contributed by atoms with van der Waals surface area (Å²) in [4.78, 5) is 14.2. The van der Waals surface area contributed by atoms with Gasteiger partial charge in [-0.25, -0.2) is 0 Å². The smallest absolute Gasteiger partial charge is 0.238 e. The number of hydrogen-bond donors (Lipinski definition) is 2. The first-order valence-electron chi connectivity index (χ1n) is 7.69. The Balaban J connectivity index is 1.50. The average Bonchev–Trinajstić information content (AvgIpc) is 3.31. The third-order valence-corrected chi connectivity index (χ3v) is 4.00. The largest absolute Gasteiger partial charge is 0.372 e. The average molecular weight is 273 g/mol. The lowest BCUT2D eigenvalue weighted by molar-refractivity contribution is -0.115. The second-order valence-corrected chi connectivity index (χ2v) is 5.80. The number of piperidine rings is 1. The molecule has 1 aromatic carbocycles. The van der Waals surface area contributed by atoms with E-state index in [2.05, 4.69) is 27.7 Å². The first-order valence-corrected chi connectivity index (χ1v) is 7.69. The molecular weight excluding hydrogens is 250 g/mol. The van der Waals surface area contributed by atoms with E-state index in [1.807, 2.05) is 12.1 Å². The molecule has 1 aliphatic carbocycles. The van der Waals surface area contributed by atoms with Crippen LogP contribution in [0.4, 0.5) is 11.4 Å². The molecule has 1 aromatic rings. The maximum atomic E-state index is 11.7. The molecule has 20 heavy (non-hydrogen) atoms. The number of carbonyl (C=O) groups is 1. The van der Waals surface area contributed by atoms with E-state index >= 15 is 0 Å². The number of anilines is 2. The fourth-order valence-corrected chi connectivity index (χ4v) is 2.64. The summed E-state index contributed by atoms with van der Waals surface area (Å²) in [6.07, 6.45) is 6.32. The van der Waals surface area contributed by atoms with E-state index < -0.39 is 0 Å². The molecule has 0 unspecified atom stereocenters. The highest BCUT2D eigenvalue weighted by molar-refractivity contribution is 5.92. The fourth-order valence-electron chi connectivity index (χ4n) is 2.64. The van der Waals surface area contributed by atoms with Gasteiger partial charge in [0.05, 0.1) is 6.54 Å². The molecule has 4 heteroatoms. The fraction of sp³-hybridized carbons (Fsp3) is 0.562. The van der Waals surface area contributed by atoms with Crippen molar-refractivity contribution in [3.63, 3.8) is 0 Å². The van der Waals surface area contributed by atoms with Gasteiger partial charge in [-0.2, -0.15) is 0 Å². The summed E-state index contributed by atoms with van der Waals surface area (Å²) in [5, 5.41) is 6.15. The maximum Gasteiger partial charge on any atom is 0.238 e. The van der Waals surface area contributed by atoms with E-state index in [-0.39, 0.29) is 5.91 Å². The molecule has 0 radical (unpaired) electrons. The molecule has 2 N–H and O–H groups in total. The molecule has 3 rings (SSSR count). The van der Waals surface area contributed by atoms with Gasteiger partial charge in [0.15, 0.2) is 0 Å². The van der Waals surface area contributed by atoms with Crippen molar-refractivity contribution in [3.05, 3.63) is 24.3 Å². The van der Waals surface area contributed by atoms with Gasteiger partial charge in [0.25, 0.3) is 0 Å². The van der Waals surface area contributed by atoms with Crippen LogP contribution in [0.1, 0.15) is 32.1 Å². The summed E-state index contributed by atoms with van der Waals surface area (Å²) in [7, 11) is 0. The maximum absolute atomic E-state index is 11.7. The molecule has 0 bridgehead atoms. The van der Waals surface area contributed by atoms with Crippen molar-refractivity contribution >= 4 is 17.3 Å². The van der Waals surface area contributed by atoms with Gasteiger partial charge in [-0.15, -0.1) is 0 Å². The van der Waals surface area contributed by atoms with Gasteiger partial charge in [-0.3, -0.25) is 4.79 Å². The molecule has 0 aromatic heterocycles. The number of amides is 1. The lowest BCUT2D eigenvalue weighted by Gasteiger charge is -2.28. The molecular formula is C16H23N3O. The Morgan fingerprint density at radius 1 is 1.10 bits per heavy atom. The molecule has 1 amide bonds. The Hall–Kier alpha value is -1.55. The SMILES string of the molecule is O=C(CNC1CC1)Nc1ccc(N2CCCCC2)cc1. The van der Waals surface area contributed by atoms with Gasteiger partial charge in [0.1, 0.15) is 0 Å². The van der Waals surface area contributed by atoms with E-state index in [0.29, 0.717) is 12.6 Å². The first-order chi connectivity index (χ1) is 9.81. The number of nitrogens with zero attached hydrogens (tertiary/aromatic N) is 1. The minimum absolute atomic E-state index is 0.0441. The summed E-state index contributed by atoms with van der Waals surface area (Å²) in [5.74, 6) is 0.0441. The topological polar surface area (TPSA) is 44.4 Å². The third-order valence-electron chi connectivity index (χ3n) is 4.00. The highest BCUT2D eigenvalue weighted by atomic mass is 16.1. The van der Waals surface area contributed by atoms with Crippen LogP contribution >= 0.6 is 0 Å². The zero-order chi connectivity index (χ0) is 13.8. The van der Waals surface area contributed by atoms with Crippen LogP contribution in [0, 0.1) is 0 Å². The number of rotatable bonds is 5. The number of benzene rings is 1. The minimum atomic E-state index is 0.0441. The second kappa shape index (κ2) is 6.27. The predicted octanol–water partition coefficient (Wildman–Crippen LogP) is 2.37. The van der Waals surface area contributed by atoms with Crippen LogP contribution in [-0.2, 0) is 4.79 Å². The highest BCUT2D eigenvalue weighted by Gasteiger charge is 2.21. The third kappa shape index (κ3) is 3.73. The summed E-state index contributed by atoms with van der Waals surface area (Å²) >= 11 is 0. The van der Waals surface area contributed by atoms with Gasteiger partial charge < -0.3 is 15.5 Å². The van der Waals surface area contributed by atoms with Crippen LogP contribution < -0.4 is 15.5 Å². The Labute approximate surface area is 120 Å². The zero-order valence-electron chi connectivity index (χ0n) is 11.9. The van der Waals surface area contributed by atoms with Crippen LogP contribution in [0.5, 0.6) is 0 Å². The van der Waals surface area contributed by atoms with Crippen LogP contribution in [0.15, 0.2) is 24.3 Å². The standard InChI is InChI=1S/C16H23N3O/c20-16(12-17-13-4-5-13)18-14-6-8-15(9-7-14)19-10-2-1-3-11-19/h6-9,13,17H,1-5,10-12H2,(H,18,20). The highest BCUT2D eigenvalue weighted by Crippen LogP contribution is 2.22. The van der Waals surface area contributed by atoms with E-state index in [1.54, 1.807) is 0 Å². The quantitative estimate of drug-likeness (QED) is 0.865. The van der Waals surface area contributed by atoms with Crippen LogP contribution in [0.25, 0.3) is 0 Å². The zero-order valence-corrected chi connectivity index (χ0v) is 11.9. The molecule has 108 valence electrons. The number of hydrogen-bond acceptors (Lipinski definition) is 3. The van der Waals surface area contributed by atoms with Gasteiger partial charge in [0.2, 0.25) is 5.91 Å². The normalized spacial score (nSPS) is 18.9. The van der Waals surface area contributed by atoms with Crippen molar-refractivity contribution in [1.29, 1.82) is 0 Å². The predicted molar refractivity (Wildman–Crippen MR) is 82.2 cm³/mol. The van der Waals surface area contributed by atoms with Crippen molar-refractivity contribution in [3.8, 4) is 0 Å². The molecule has 0 atom stereocenters. The molecule has 1 saturated carbocycles. The Morgan fingerprint density at radius 3 is 2.45 bits per heavy atom. The number of nitrogens with one attached hydrogen (secondary N) is 2. The minimum Gasteiger partial charge on any atom is -0.372 e. The Kier molecular flexibility index (Phi) is 4.21. The van der Waals surface area contributed by atoms with Gasteiger partial charge in [-0.05, 0) is 56.4 Å². The molecule has 1 saturated heterocycles. The van der Waals surface area contributed by atoms with Crippen molar-refractivity contribution in [2.45, 2.75) is 38.1 Å². The molecule has 1 aliphatic heterocycles. The molecule has 2 aliphatic rings. The Bertz CT molecular complexity index is 447. The van der Waals surface area contributed by atoms with Crippen LogP contribution in [-0.4, -0.2) is 31.6 Å². The van der Waals surface area contributed by atoms with Crippen LogP contribution in [0.2, 0.25) is 0 Å². The van der Waals surface area contributed by atoms with Crippen LogP contribution in [0.3, 0.4) is 0 Å². The van der Waals surface area contributed by atoms with E-state index in [9.17, 15) is 4.79 Å². The van der Waals surface area contributed by atoms with Crippen molar-refractivity contribution in [2.75, 3.05) is 29.9 Å². The molecule has 4 nitrogen and oxygen atoms in total. The molecule has 1 heterocycles. The van der Waals surface area contributed by atoms with Gasteiger partial charge >= 0.3 is 0 Å². The van der Waals surface area contributed by atoms with Gasteiger partial charge in [-0.1, -0.05) is 0 Å². The lowest BCUT2D eigenvalue weighted by atomic mass is 10.1. The first kappa shape index (κ1) is 13.4. The number of carbonyl (C=O) groups excluding carboxylic acids is 1. The molecule has 2 fully saturated rings. The van der Waals surface area contributed by atoms with Crippen molar-refractivity contribution in [1.82, 2.24) is 5.32 Å². The van der Waals surface area contributed by atoms with Gasteiger partial charge in [0, 0.05) is 30.5 Å².